The first-order valence-corrected chi connectivity index (χ1v) is 11.6. The first-order valence-electron chi connectivity index (χ1n) is 11.6. The fourth-order valence-electron chi connectivity index (χ4n) is 5.38. The van der Waals surface area contributed by atoms with E-state index >= 15 is 0 Å². The Hall–Kier alpha value is -1.11. The Labute approximate surface area is 166 Å². The van der Waals surface area contributed by atoms with Crippen molar-refractivity contribution in [1.29, 1.82) is 0 Å². The smallest absolute Gasteiger partial charge is 0.123 e. The van der Waals surface area contributed by atoms with Gasteiger partial charge in [0, 0.05) is 0 Å². The van der Waals surface area contributed by atoms with E-state index in [1.165, 1.54) is 88.2 Å². The molecule has 3 rings (SSSR count). The molecule has 0 radical (unpaired) electrons. The van der Waals surface area contributed by atoms with E-state index < -0.39 is 0 Å². The first-order chi connectivity index (χ1) is 13.1. The van der Waals surface area contributed by atoms with Crippen molar-refractivity contribution in [3.8, 4) is 0 Å². The minimum Gasteiger partial charge on any atom is -0.207 e. The highest BCUT2D eigenvalue weighted by atomic mass is 19.1. The highest BCUT2D eigenvalue weighted by Gasteiger charge is 2.25. The van der Waals surface area contributed by atoms with E-state index in [1.54, 1.807) is 12.1 Å². The molecule has 0 N–H and O–H groups in total. The van der Waals surface area contributed by atoms with Gasteiger partial charge in [-0.3, -0.25) is 0 Å². The zero-order chi connectivity index (χ0) is 19.1. The second-order valence-corrected chi connectivity index (χ2v) is 9.38. The molecule has 150 valence electrons. The van der Waals surface area contributed by atoms with Gasteiger partial charge in [-0.25, -0.2) is 4.39 Å². The highest BCUT2D eigenvalue weighted by molar-refractivity contribution is 5.20. The van der Waals surface area contributed by atoms with E-state index in [0.717, 1.165) is 24.2 Å². The summed E-state index contributed by atoms with van der Waals surface area (Å²) in [4.78, 5) is 0. The van der Waals surface area contributed by atoms with Gasteiger partial charge in [0.05, 0.1) is 0 Å². The van der Waals surface area contributed by atoms with Crippen molar-refractivity contribution in [1.82, 2.24) is 0 Å². The lowest BCUT2D eigenvalue weighted by molar-refractivity contribution is 0.224. The van der Waals surface area contributed by atoms with Gasteiger partial charge in [0.1, 0.15) is 5.82 Å². The molecule has 2 aliphatic rings. The lowest BCUT2D eigenvalue weighted by atomic mass is 9.74. The van der Waals surface area contributed by atoms with Crippen LogP contribution < -0.4 is 0 Å². The maximum absolute atomic E-state index is 13.1. The summed E-state index contributed by atoms with van der Waals surface area (Å²) in [5, 5.41) is 0. The largest absolute Gasteiger partial charge is 0.207 e. The van der Waals surface area contributed by atoms with Gasteiger partial charge in [-0.2, -0.15) is 0 Å². The summed E-state index contributed by atoms with van der Waals surface area (Å²) in [6.07, 6.45) is 17.9. The number of benzene rings is 1. The van der Waals surface area contributed by atoms with Crippen LogP contribution in [0, 0.1) is 23.6 Å². The van der Waals surface area contributed by atoms with Gasteiger partial charge in [-0.1, -0.05) is 69.7 Å². The Kier molecular flexibility index (Phi) is 7.97. The summed E-state index contributed by atoms with van der Waals surface area (Å²) < 4.78 is 13.1. The molecule has 1 heteroatoms. The number of hydrogen-bond acceptors (Lipinski definition) is 0. The second kappa shape index (κ2) is 10.4. The van der Waals surface area contributed by atoms with Crippen LogP contribution in [0.15, 0.2) is 36.4 Å². The van der Waals surface area contributed by atoms with Crippen LogP contribution in [0.3, 0.4) is 0 Å². The third kappa shape index (κ3) is 6.47. The molecule has 2 fully saturated rings. The van der Waals surface area contributed by atoms with Crippen LogP contribution in [-0.4, -0.2) is 0 Å². The molecule has 0 bridgehead atoms. The Balaban J connectivity index is 1.30. The molecule has 2 aliphatic carbocycles. The van der Waals surface area contributed by atoms with Gasteiger partial charge in [0.2, 0.25) is 0 Å². The average molecular weight is 371 g/mol. The van der Waals surface area contributed by atoms with Crippen molar-refractivity contribution in [3.05, 3.63) is 47.8 Å². The van der Waals surface area contributed by atoms with Crippen molar-refractivity contribution >= 4 is 0 Å². The van der Waals surface area contributed by atoms with Gasteiger partial charge in [0.15, 0.2) is 0 Å². The van der Waals surface area contributed by atoms with E-state index in [-0.39, 0.29) is 5.82 Å². The highest BCUT2D eigenvalue weighted by Crippen LogP contribution is 2.40. The van der Waals surface area contributed by atoms with Gasteiger partial charge in [-0.15, -0.1) is 0 Å². The van der Waals surface area contributed by atoms with Crippen molar-refractivity contribution < 1.29 is 4.39 Å². The van der Waals surface area contributed by atoms with Gasteiger partial charge in [-0.05, 0) is 86.3 Å². The molecule has 0 aliphatic heterocycles. The van der Waals surface area contributed by atoms with Crippen LogP contribution >= 0.6 is 0 Å². The minimum absolute atomic E-state index is 0.113. The average Bonchev–Trinajstić information content (AvgIpc) is 2.72. The Morgan fingerprint density at radius 2 is 1.30 bits per heavy atom. The number of halogens is 1. The summed E-state index contributed by atoms with van der Waals surface area (Å²) in [6, 6.07) is 7.23. The minimum atomic E-state index is -0.113. The van der Waals surface area contributed by atoms with Crippen molar-refractivity contribution in [2.45, 2.75) is 96.3 Å². The van der Waals surface area contributed by atoms with Crippen molar-refractivity contribution in [2.24, 2.45) is 17.8 Å². The normalized spacial score (nSPS) is 28.8. The maximum atomic E-state index is 13.1. The van der Waals surface area contributed by atoms with Crippen LogP contribution in [0.5, 0.6) is 0 Å². The molecular weight excluding hydrogens is 331 g/mol. The Morgan fingerprint density at radius 3 is 1.81 bits per heavy atom. The van der Waals surface area contributed by atoms with E-state index in [4.69, 9.17) is 0 Å². The molecule has 0 saturated heterocycles. The lowest BCUT2D eigenvalue weighted by Gasteiger charge is -2.32. The second-order valence-electron chi connectivity index (χ2n) is 9.38. The van der Waals surface area contributed by atoms with Crippen molar-refractivity contribution in [3.63, 3.8) is 0 Å². The molecule has 0 aromatic heterocycles. The Bertz CT molecular complexity index is 556. The Morgan fingerprint density at radius 1 is 0.815 bits per heavy atom. The van der Waals surface area contributed by atoms with Crippen LogP contribution in [0.25, 0.3) is 0 Å². The van der Waals surface area contributed by atoms with Crippen molar-refractivity contribution in [2.75, 3.05) is 0 Å². The number of hydrogen-bond donors (Lipinski definition) is 0. The van der Waals surface area contributed by atoms with Gasteiger partial charge >= 0.3 is 0 Å². The fraction of sp³-hybridized carbons (Fsp3) is 0.692. The van der Waals surface area contributed by atoms with E-state index in [2.05, 4.69) is 13.5 Å². The molecule has 0 atom stereocenters. The van der Waals surface area contributed by atoms with Crippen LogP contribution in [0.1, 0.15) is 102 Å². The van der Waals surface area contributed by atoms with Gasteiger partial charge < -0.3 is 0 Å². The molecular formula is C26H39F. The molecule has 0 amide bonds. The summed E-state index contributed by atoms with van der Waals surface area (Å²) in [5.74, 6) is 3.45. The number of allylic oxidation sites excluding steroid dienone is 1. The predicted molar refractivity (Wildman–Crippen MR) is 114 cm³/mol. The lowest BCUT2D eigenvalue weighted by Crippen LogP contribution is -2.18. The van der Waals surface area contributed by atoms with Crippen LogP contribution in [0.2, 0.25) is 0 Å². The molecule has 0 heterocycles. The summed E-state index contributed by atoms with van der Waals surface area (Å²) in [7, 11) is 0. The summed E-state index contributed by atoms with van der Waals surface area (Å²) in [6.45, 7) is 6.39. The topological polar surface area (TPSA) is 0 Å². The molecule has 1 aromatic carbocycles. The molecule has 27 heavy (non-hydrogen) atoms. The number of rotatable bonds is 8. The fourth-order valence-corrected chi connectivity index (χ4v) is 5.38. The van der Waals surface area contributed by atoms with E-state index in [0.29, 0.717) is 5.92 Å². The third-order valence-electron chi connectivity index (χ3n) is 7.54. The van der Waals surface area contributed by atoms with Gasteiger partial charge in [0.25, 0.3) is 0 Å². The molecule has 0 unspecified atom stereocenters. The quantitative estimate of drug-likeness (QED) is 0.403. The first kappa shape index (κ1) is 20.6. The monoisotopic (exact) mass is 370 g/mol. The molecule has 2 saturated carbocycles. The summed E-state index contributed by atoms with van der Waals surface area (Å²) in [5.41, 5.74) is 2.78. The van der Waals surface area contributed by atoms with Crippen LogP contribution in [0.4, 0.5) is 4.39 Å². The van der Waals surface area contributed by atoms with E-state index in [9.17, 15) is 4.39 Å². The molecule has 0 nitrogen and oxygen atoms in total. The summed E-state index contributed by atoms with van der Waals surface area (Å²) >= 11 is 0. The molecule has 0 spiro atoms. The van der Waals surface area contributed by atoms with E-state index in [1.807, 2.05) is 12.1 Å². The molecule has 1 aromatic rings. The third-order valence-corrected chi connectivity index (χ3v) is 7.54. The maximum Gasteiger partial charge on any atom is 0.123 e. The SMILES string of the molecule is C=C(CC)CCC1CCC(CCC2CCC(c3ccc(F)cc3)CC2)CC1. The standard InChI is InChI=1S/C26H39F/c1-3-20(2)4-5-21-6-8-22(9-7-21)10-11-23-12-14-24(15-13-23)25-16-18-26(27)19-17-25/h16-19,21-24H,2-15H2,1H3. The predicted octanol–water partition coefficient (Wildman–Crippen LogP) is 8.43. The zero-order valence-electron chi connectivity index (χ0n) is 17.4. The van der Waals surface area contributed by atoms with Crippen LogP contribution in [-0.2, 0) is 0 Å². The zero-order valence-corrected chi connectivity index (χ0v) is 17.4.